The molecule has 0 fully saturated rings. The van der Waals surface area contributed by atoms with Gasteiger partial charge < -0.3 is 4.42 Å². The Hall–Kier alpha value is -5.58. The maximum absolute atomic E-state index is 6.42. The molecule has 8 aromatic rings. The van der Waals surface area contributed by atoms with Crippen LogP contribution in [0.1, 0.15) is 23.0 Å². The fourth-order valence-corrected chi connectivity index (χ4v) is 8.65. The van der Waals surface area contributed by atoms with Crippen molar-refractivity contribution in [3.8, 4) is 44.8 Å². The van der Waals surface area contributed by atoms with Crippen molar-refractivity contribution in [1.29, 1.82) is 0 Å². The molecule has 46 heavy (non-hydrogen) atoms. The number of furan rings is 1. The van der Waals surface area contributed by atoms with Crippen molar-refractivity contribution < 1.29 is 4.42 Å². The molecule has 0 bridgehead atoms. The quantitative estimate of drug-likeness (QED) is 0.201. The summed E-state index contributed by atoms with van der Waals surface area (Å²) in [5.74, 6) is 1.32. The molecule has 0 saturated heterocycles. The summed E-state index contributed by atoms with van der Waals surface area (Å²) in [6, 6.07) is 41.4. The number of rotatable bonds is 3. The summed E-state index contributed by atoms with van der Waals surface area (Å²) in [4.78, 5) is 10.0. The molecular weight excluding hydrogens is 581 g/mol. The number of hydrogen-bond donors (Lipinski definition) is 0. The number of aromatic nitrogens is 2. The number of thiophene rings is 1. The van der Waals surface area contributed by atoms with Gasteiger partial charge in [-0.05, 0) is 46.0 Å². The Morgan fingerprint density at radius 3 is 2.22 bits per heavy atom. The largest absolute Gasteiger partial charge is 0.436 e. The Morgan fingerprint density at radius 1 is 0.609 bits per heavy atom. The SMILES string of the molecule is C1=CC2c3ccccc3-c3oc4ncc(-c5cccc(-c6cccc(-c7cccc8c7sc7ccccc78)c6)c5)nc4c3C2C=C1. The molecule has 5 aromatic carbocycles. The maximum atomic E-state index is 6.42. The molecule has 3 aromatic heterocycles. The highest BCUT2D eigenvalue weighted by Gasteiger charge is 2.37. The number of fused-ring (bicyclic) bond motifs is 11. The normalized spacial score (nSPS) is 16.5. The van der Waals surface area contributed by atoms with Crippen LogP contribution in [0.4, 0.5) is 0 Å². The zero-order valence-electron chi connectivity index (χ0n) is 24.7. The first-order valence-electron chi connectivity index (χ1n) is 15.7. The smallest absolute Gasteiger partial charge is 0.246 e. The van der Waals surface area contributed by atoms with Crippen molar-refractivity contribution in [3.63, 3.8) is 0 Å². The van der Waals surface area contributed by atoms with E-state index in [4.69, 9.17) is 14.4 Å². The van der Waals surface area contributed by atoms with E-state index in [0.717, 1.165) is 39.2 Å². The number of hydrogen-bond acceptors (Lipinski definition) is 4. The highest BCUT2D eigenvalue weighted by Crippen LogP contribution is 2.52. The predicted molar refractivity (Wildman–Crippen MR) is 190 cm³/mol. The lowest BCUT2D eigenvalue weighted by molar-refractivity contribution is 0.596. The average Bonchev–Trinajstić information content (AvgIpc) is 3.71. The molecule has 2 atom stereocenters. The van der Waals surface area contributed by atoms with Gasteiger partial charge in [0.15, 0.2) is 0 Å². The molecule has 0 radical (unpaired) electrons. The molecule has 4 heteroatoms. The molecule has 0 aliphatic heterocycles. The summed E-state index contributed by atoms with van der Waals surface area (Å²) in [6.07, 6.45) is 10.7. The van der Waals surface area contributed by atoms with E-state index in [1.807, 2.05) is 17.5 Å². The molecule has 10 rings (SSSR count). The van der Waals surface area contributed by atoms with Gasteiger partial charge in [0.2, 0.25) is 5.71 Å². The van der Waals surface area contributed by atoms with Crippen molar-refractivity contribution in [2.75, 3.05) is 0 Å². The van der Waals surface area contributed by atoms with Crippen molar-refractivity contribution in [3.05, 3.63) is 157 Å². The summed E-state index contributed by atoms with van der Waals surface area (Å²) >= 11 is 1.87. The molecule has 0 amide bonds. The molecule has 0 spiro atoms. The Balaban J connectivity index is 1.07. The Labute approximate surface area is 269 Å². The number of nitrogens with zero attached hydrogens (tertiary/aromatic N) is 2. The van der Waals surface area contributed by atoms with Gasteiger partial charge in [0.05, 0.1) is 11.9 Å². The topological polar surface area (TPSA) is 38.9 Å². The second kappa shape index (κ2) is 9.96. The first-order chi connectivity index (χ1) is 22.8. The van der Waals surface area contributed by atoms with E-state index in [-0.39, 0.29) is 11.8 Å². The molecule has 2 unspecified atom stereocenters. The third-order valence-electron chi connectivity index (χ3n) is 9.54. The summed E-state index contributed by atoms with van der Waals surface area (Å²) in [5, 5.41) is 2.64. The van der Waals surface area contributed by atoms with Crippen molar-refractivity contribution in [1.82, 2.24) is 9.97 Å². The second-order valence-corrected chi connectivity index (χ2v) is 13.2. The van der Waals surface area contributed by atoms with E-state index in [0.29, 0.717) is 5.71 Å². The van der Waals surface area contributed by atoms with Crippen molar-refractivity contribution in [2.24, 2.45) is 0 Å². The van der Waals surface area contributed by atoms with Gasteiger partial charge in [-0.15, -0.1) is 11.3 Å². The van der Waals surface area contributed by atoms with Crippen LogP contribution in [0.2, 0.25) is 0 Å². The molecule has 3 nitrogen and oxygen atoms in total. The predicted octanol–water partition coefficient (Wildman–Crippen LogP) is 11.6. The Kier molecular flexibility index (Phi) is 5.57. The van der Waals surface area contributed by atoms with Crippen LogP contribution >= 0.6 is 11.3 Å². The Morgan fingerprint density at radius 2 is 1.30 bits per heavy atom. The average molecular weight is 607 g/mol. The van der Waals surface area contributed by atoms with E-state index in [9.17, 15) is 0 Å². The van der Waals surface area contributed by atoms with Crippen LogP contribution < -0.4 is 0 Å². The first-order valence-corrected chi connectivity index (χ1v) is 16.5. The highest BCUT2D eigenvalue weighted by atomic mass is 32.1. The van der Waals surface area contributed by atoms with Crippen LogP contribution in [0.5, 0.6) is 0 Å². The van der Waals surface area contributed by atoms with Crippen molar-refractivity contribution in [2.45, 2.75) is 11.8 Å². The van der Waals surface area contributed by atoms with Gasteiger partial charge in [0.1, 0.15) is 11.3 Å². The minimum Gasteiger partial charge on any atom is -0.436 e. The number of benzene rings is 5. The van der Waals surface area contributed by atoms with Gasteiger partial charge in [-0.3, -0.25) is 0 Å². The lowest BCUT2D eigenvalue weighted by Crippen LogP contribution is -2.15. The fraction of sp³-hybridized carbons (Fsp3) is 0.0476. The van der Waals surface area contributed by atoms with E-state index in [2.05, 4.69) is 140 Å². The minimum atomic E-state index is 0.167. The van der Waals surface area contributed by atoms with E-state index >= 15 is 0 Å². The fourth-order valence-electron chi connectivity index (χ4n) is 7.41. The lowest BCUT2D eigenvalue weighted by Gasteiger charge is -2.30. The maximum Gasteiger partial charge on any atom is 0.246 e. The highest BCUT2D eigenvalue weighted by molar-refractivity contribution is 7.26. The van der Waals surface area contributed by atoms with Crippen molar-refractivity contribution >= 4 is 42.7 Å². The zero-order valence-corrected chi connectivity index (χ0v) is 25.5. The van der Waals surface area contributed by atoms with Crippen LogP contribution in [0.25, 0.3) is 76.2 Å². The zero-order chi connectivity index (χ0) is 30.2. The molecular formula is C42H26N2OS. The summed E-state index contributed by atoms with van der Waals surface area (Å²) in [6.45, 7) is 0. The molecule has 0 N–H and O–H groups in total. The Bertz CT molecular complexity index is 2570. The van der Waals surface area contributed by atoms with E-state index in [1.165, 1.54) is 42.4 Å². The van der Waals surface area contributed by atoms with Gasteiger partial charge in [0.25, 0.3) is 0 Å². The minimum absolute atomic E-state index is 0.167. The van der Waals surface area contributed by atoms with Gasteiger partial charge in [-0.2, -0.15) is 0 Å². The standard InChI is InChI=1S/C42H26N2OS/c1-3-17-33-30(14-1)31-15-2-4-18-34(31)40-38(33)39-42(45-40)43-24-36(44-39)28-13-8-11-26(23-28)25-10-7-12-27(22-25)29-19-9-20-35-32-16-5-6-21-37(32)46-41(29)35/h1-24,30,33H. The molecule has 0 saturated carbocycles. The van der Waals surface area contributed by atoms with Gasteiger partial charge >= 0.3 is 0 Å². The van der Waals surface area contributed by atoms with Crippen LogP contribution in [0.3, 0.4) is 0 Å². The summed E-state index contributed by atoms with van der Waals surface area (Å²) in [7, 11) is 0. The molecule has 2 aliphatic carbocycles. The second-order valence-electron chi connectivity index (χ2n) is 12.1. The lowest BCUT2D eigenvalue weighted by atomic mass is 9.72. The van der Waals surface area contributed by atoms with E-state index < -0.39 is 0 Å². The summed E-state index contributed by atoms with van der Waals surface area (Å²) in [5.41, 5.74) is 11.7. The monoisotopic (exact) mass is 606 g/mol. The molecule has 2 aliphatic rings. The third kappa shape index (κ3) is 3.84. The van der Waals surface area contributed by atoms with Crippen LogP contribution in [0.15, 0.2) is 150 Å². The first kappa shape index (κ1) is 25.7. The molecule has 3 heterocycles. The van der Waals surface area contributed by atoms with Gasteiger partial charge in [-0.1, -0.05) is 121 Å². The van der Waals surface area contributed by atoms with Crippen LogP contribution in [-0.2, 0) is 0 Å². The molecule has 216 valence electrons. The third-order valence-corrected chi connectivity index (χ3v) is 10.8. The number of allylic oxidation sites excluding steroid dienone is 4. The van der Waals surface area contributed by atoms with Gasteiger partial charge in [0, 0.05) is 48.7 Å². The van der Waals surface area contributed by atoms with Crippen LogP contribution in [-0.4, -0.2) is 9.97 Å². The van der Waals surface area contributed by atoms with E-state index in [1.54, 1.807) is 0 Å². The van der Waals surface area contributed by atoms with Gasteiger partial charge in [-0.25, -0.2) is 9.97 Å². The summed E-state index contributed by atoms with van der Waals surface area (Å²) < 4.78 is 9.07. The van der Waals surface area contributed by atoms with Crippen LogP contribution in [0, 0.1) is 0 Å².